The first kappa shape index (κ1) is 5.94. The van der Waals surface area contributed by atoms with E-state index in [-0.39, 0.29) is 5.48 Å². The molecule has 3 N–H and O–H groups in total. The van der Waals surface area contributed by atoms with Gasteiger partial charge in [0.15, 0.2) is 0 Å². The van der Waals surface area contributed by atoms with Gasteiger partial charge in [0.25, 0.3) is 0 Å². The topological polar surface area (TPSA) is 52.8 Å². The van der Waals surface area contributed by atoms with Gasteiger partial charge in [-0.3, -0.25) is 0 Å². The Morgan fingerprint density at radius 2 is 2.50 bits per heavy atom. The van der Waals surface area contributed by atoms with E-state index in [1.54, 1.807) is 0 Å². The van der Waals surface area contributed by atoms with E-state index in [1.165, 1.54) is 6.32 Å². The van der Waals surface area contributed by atoms with E-state index in [2.05, 4.69) is 5.39 Å². The maximum atomic E-state index is 4.69. The highest BCUT2D eigenvalue weighted by Gasteiger charge is 1.96. The maximum Gasteiger partial charge on any atom is 0.236 e. The van der Waals surface area contributed by atoms with Gasteiger partial charge in [-0.15, -0.1) is 0 Å². The van der Waals surface area contributed by atoms with Crippen molar-refractivity contribution in [2.45, 2.75) is 6.32 Å². The predicted octanol–water partition coefficient (Wildman–Crippen LogP) is -1.53. The molecule has 3 nitrogen and oxygen atoms in total. The van der Waals surface area contributed by atoms with Crippen LogP contribution in [0.1, 0.15) is 0 Å². The summed E-state index contributed by atoms with van der Waals surface area (Å²) in [4.78, 5) is 4.69. The van der Waals surface area contributed by atoms with Crippen LogP contribution in [0.5, 0.6) is 0 Å². The van der Waals surface area contributed by atoms with E-state index in [1.807, 2.05) is 0 Å². The lowest BCUT2D eigenvalue weighted by Crippen LogP contribution is -2.05. The fourth-order valence-electron chi connectivity index (χ4n) is 0.361. The van der Waals surface area contributed by atoms with Crippen LogP contribution in [0.3, 0.4) is 0 Å². The molecule has 0 saturated carbocycles. The highest BCUT2D eigenvalue weighted by Crippen LogP contribution is 1.82. The highest BCUT2D eigenvalue weighted by molar-refractivity contribution is 6.32. The van der Waals surface area contributed by atoms with Gasteiger partial charge >= 0.3 is 0 Å². The molecule has 0 unspecified atom stereocenters. The third-order valence-corrected chi connectivity index (χ3v) is 0.627. The maximum absolute atomic E-state index is 4.69. The summed E-state index contributed by atoms with van der Waals surface area (Å²) in [5.41, 5.74) is 0. The van der Waals surface area contributed by atoms with E-state index >= 15 is 0 Å². The van der Waals surface area contributed by atoms with Crippen molar-refractivity contribution in [2.75, 3.05) is 6.61 Å². The molecule has 36 valence electrons. The lowest BCUT2D eigenvalue weighted by atomic mass is 9.94. The van der Waals surface area contributed by atoms with Crippen LogP contribution in [0.25, 0.3) is 0 Å². The number of hydrogen-bond acceptors (Lipinski definition) is 2. The SMILES string of the molecule is B1CCON1.O. The van der Waals surface area contributed by atoms with Gasteiger partial charge in [0.1, 0.15) is 0 Å². The molecule has 1 aliphatic rings. The van der Waals surface area contributed by atoms with E-state index in [0.29, 0.717) is 0 Å². The fraction of sp³-hybridized carbons (Fsp3) is 1.00. The minimum absolute atomic E-state index is 0. The second-order valence-electron chi connectivity index (χ2n) is 1.10. The Balaban J connectivity index is 0.000000250. The van der Waals surface area contributed by atoms with Gasteiger partial charge in [-0.25, -0.2) is 5.39 Å². The molecule has 1 heterocycles. The van der Waals surface area contributed by atoms with Crippen molar-refractivity contribution < 1.29 is 10.3 Å². The van der Waals surface area contributed by atoms with Crippen LogP contribution >= 0.6 is 0 Å². The van der Waals surface area contributed by atoms with Crippen molar-refractivity contribution in [2.24, 2.45) is 0 Å². The normalized spacial score (nSPS) is 18.7. The molecule has 0 aliphatic carbocycles. The number of hydrogen-bond donors (Lipinski definition) is 1. The largest absolute Gasteiger partial charge is 0.412 e. The Morgan fingerprint density at radius 3 is 2.67 bits per heavy atom. The molecule has 0 atom stereocenters. The van der Waals surface area contributed by atoms with Crippen molar-refractivity contribution in [1.29, 1.82) is 0 Å². The van der Waals surface area contributed by atoms with Crippen LogP contribution in [0, 0.1) is 0 Å². The lowest BCUT2D eigenvalue weighted by Gasteiger charge is -1.80. The quantitative estimate of drug-likeness (QED) is 0.366. The summed E-state index contributed by atoms with van der Waals surface area (Å²) in [7, 11) is 1.03. The van der Waals surface area contributed by atoms with Gasteiger partial charge in [-0.05, 0) is 6.32 Å². The van der Waals surface area contributed by atoms with Crippen LogP contribution in [-0.2, 0) is 4.84 Å². The smallest absolute Gasteiger partial charge is 0.236 e. The third-order valence-electron chi connectivity index (χ3n) is 0.627. The standard InChI is InChI=1S/C2H6BNO.H2O/c1-2-5-4-3-1;/h3-4H,1-2H2;1H2. The van der Waals surface area contributed by atoms with E-state index in [9.17, 15) is 0 Å². The van der Waals surface area contributed by atoms with Gasteiger partial charge in [0, 0.05) is 0 Å². The summed E-state index contributed by atoms with van der Waals surface area (Å²) in [6, 6.07) is 0. The molecule has 0 spiro atoms. The van der Waals surface area contributed by atoms with Crippen molar-refractivity contribution in [1.82, 2.24) is 5.39 Å². The van der Waals surface area contributed by atoms with Gasteiger partial charge in [-0.1, -0.05) is 0 Å². The highest BCUT2D eigenvalue weighted by atomic mass is 16.6. The Labute approximate surface area is 37.2 Å². The summed E-state index contributed by atoms with van der Waals surface area (Å²) in [5.74, 6) is 0. The number of rotatable bonds is 0. The molecular formula is C2H8BNO2. The van der Waals surface area contributed by atoms with Gasteiger partial charge < -0.3 is 10.3 Å². The average Bonchev–Trinajstić information content (AvgIpc) is 1.76. The van der Waals surface area contributed by atoms with Crippen LogP contribution in [-0.4, -0.2) is 19.5 Å². The Kier molecular flexibility index (Phi) is 3.12. The monoisotopic (exact) mass is 89.1 g/mol. The summed E-state index contributed by atoms with van der Waals surface area (Å²) in [5, 5.41) is 2.72. The Morgan fingerprint density at radius 1 is 1.67 bits per heavy atom. The zero-order valence-corrected chi connectivity index (χ0v) is 3.53. The van der Waals surface area contributed by atoms with Crippen LogP contribution in [0.2, 0.25) is 6.32 Å². The molecule has 0 radical (unpaired) electrons. The molecule has 0 bridgehead atoms. The second kappa shape index (κ2) is 3.15. The predicted molar refractivity (Wildman–Crippen MR) is 24.7 cm³/mol. The van der Waals surface area contributed by atoms with Crippen molar-refractivity contribution in [3.8, 4) is 0 Å². The molecule has 0 aromatic carbocycles. The van der Waals surface area contributed by atoms with E-state index in [4.69, 9.17) is 4.84 Å². The minimum Gasteiger partial charge on any atom is -0.412 e. The zero-order chi connectivity index (χ0) is 3.54. The van der Waals surface area contributed by atoms with E-state index in [0.717, 1.165) is 14.0 Å². The zero-order valence-electron chi connectivity index (χ0n) is 3.53. The summed E-state index contributed by atoms with van der Waals surface area (Å²) >= 11 is 0. The molecule has 1 aliphatic heterocycles. The molecule has 0 amide bonds. The van der Waals surface area contributed by atoms with E-state index < -0.39 is 0 Å². The van der Waals surface area contributed by atoms with Crippen molar-refractivity contribution in [3.63, 3.8) is 0 Å². The lowest BCUT2D eigenvalue weighted by molar-refractivity contribution is 0.128. The van der Waals surface area contributed by atoms with Crippen molar-refractivity contribution >= 4 is 7.41 Å². The summed E-state index contributed by atoms with van der Waals surface area (Å²) in [6.45, 7) is 0.889. The molecule has 1 rings (SSSR count). The summed E-state index contributed by atoms with van der Waals surface area (Å²) in [6.07, 6.45) is 1.17. The van der Waals surface area contributed by atoms with Crippen molar-refractivity contribution in [3.05, 3.63) is 0 Å². The first-order valence-corrected chi connectivity index (χ1v) is 1.85. The minimum atomic E-state index is 0. The van der Waals surface area contributed by atoms with Gasteiger partial charge in [0.2, 0.25) is 7.41 Å². The molecule has 1 fully saturated rings. The third kappa shape index (κ3) is 1.40. The number of nitrogens with one attached hydrogen (secondary N) is 1. The van der Waals surface area contributed by atoms with Crippen LogP contribution in [0.15, 0.2) is 0 Å². The van der Waals surface area contributed by atoms with Crippen LogP contribution < -0.4 is 5.39 Å². The summed E-state index contributed by atoms with van der Waals surface area (Å²) < 4.78 is 0. The molecule has 0 aromatic rings. The first-order chi connectivity index (χ1) is 2.50. The molecular weight excluding hydrogens is 80.8 g/mol. The Bertz CT molecular complexity index is 23.1. The molecule has 0 aromatic heterocycles. The molecule has 6 heavy (non-hydrogen) atoms. The molecule has 1 saturated heterocycles. The second-order valence-corrected chi connectivity index (χ2v) is 1.10. The fourth-order valence-corrected chi connectivity index (χ4v) is 0.361. The first-order valence-electron chi connectivity index (χ1n) is 1.85. The molecule has 4 heteroatoms. The average molecular weight is 88.9 g/mol. The van der Waals surface area contributed by atoms with Gasteiger partial charge in [-0.2, -0.15) is 0 Å². The Hall–Kier alpha value is -0.0551. The van der Waals surface area contributed by atoms with Gasteiger partial charge in [0.05, 0.1) is 6.61 Å². The van der Waals surface area contributed by atoms with Crippen LogP contribution in [0.4, 0.5) is 0 Å².